The maximum absolute atomic E-state index is 13.3. The van der Waals surface area contributed by atoms with E-state index in [1.54, 1.807) is 13.1 Å². The number of hydrogen-bond acceptors (Lipinski definition) is 4. The van der Waals surface area contributed by atoms with Gasteiger partial charge < -0.3 is 14.5 Å². The molecule has 0 saturated carbocycles. The molecule has 0 saturated heterocycles. The zero-order chi connectivity index (χ0) is 28.1. The van der Waals surface area contributed by atoms with E-state index >= 15 is 0 Å². The molecule has 0 aliphatic heterocycles. The normalized spacial score (nSPS) is 12.1. The van der Waals surface area contributed by atoms with Crippen molar-refractivity contribution in [2.45, 2.75) is 32.4 Å². The topological polar surface area (TPSA) is 60.6 Å². The monoisotopic (exact) mass is 552 g/mol. The van der Waals surface area contributed by atoms with E-state index in [0.717, 1.165) is 46.1 Å². The maximum Gasteiger partial charge on any atom is 0.416 e. The SMILES string of the molecule is CNc1nc2ccc(C(c3cnc(C)n3C)c3cnc(C)n3C)cc2c(Cl)c1Cc1cccc(C(F)(F)F)c1. The summed E-state index contributed by atoms with van der Waals surface area (Å²) in [4.78, 5) is 13.8. The average Bonchev–Trinajstić information content (AvgIpc) is 3.41. The summed E-state index contributed by atoms with van der Waals surface area (Å²) in [5, 5.41) is 4.23. The minimum absolute atomic E-state index is 0.182. The molecule has 0 bridgehead atoms. The fraction of sp³-hybridized carbons (Fsp3) is 0.276. The minimum Gasteiger partial charge on any atom is -0.373 e. The number of fused-ring (bicyclic) bond motifs is 1. The highest BCUT2D eigenvalue weighted by Gasteiger charge is 2.30. The summed E-state index contributed by atoms with van der Waals surface area (Å²) in [5.74, 6) is 2.12. The first kappa shape index (κ1) is 26.7. The van der Waals surface area contributed by atoms with Crippen molar-refractivity contribution in [2.24, 2.45) is 14.1 Å². The van der Waals surface area contributed by atoms with Crippen LogP contribution in [0.15, 0.2) is 54.9 Å². The van der Waals surface area contributed by atoms with Crippen LogP contribution in [0.25, 0.3) is 10.9 Å². The Morgan fingerprint density at radius 1 is 0.949 bits per heavy atom. The standard InChI is InChI=1S/C29H28ClF3N6/c1-16-35-14-24(38(16)4)26(25-15-36-17(2)39(25)5)19-9-10-23-21(13-19)27(30)22(28(34-3)37-23)12-18-7-6-8-20(11-18)29(31,32)33/h6-11,13-15,26H,12H2,1-5H3,(H,34,37). The Bertz CT molecular complexity index is 1640. The number of nitrogens with one attached hydrogen (secondary N) is 1. The second kappa shape index (κ2) is 10.0. The maximum atomic E-state index is 13.3. The number of anilines is 1. The number of rotatable bonds is 6. The molecule has 202 valence electrons. The molecular weight excluding hydrogens is 525 g/mol. The molecule has 1 N–H and O–H groups in total. The lowest BCUT2D eigenvalue weighted by molar-refractivity contribution is -0.137. The van der Waals surface area contributed by atoms with Crippen molar-refractivity contribution in [3.63, 3.8) is 0 Å². The lowest BCUT2D eigenvalue weighted by Crippen LogP contribution is -2.13. The van der Waals surface area contributed by atoms with Gasteiger partial charge in [-0.15, -0.1) is 0 Å². The van der Waals surface area contributed by atoms with Crippen molar-refractivity contribution in [3.05, 3.63) is 105 Å². The number of benzene rings is 2. The van der Waals surface area contributed by atoms with Gasteiger partial charge in [0.25, 0.3) is 0 Å². The van der Waals surface area contributed by atoms with E-state index in [4.69, 9.17) is 16.6 Å². The molecule has 3 heterocycles. The van der Waals surface area contributed by atoms with Crippen LogP contribution in [0.2, 0.25) is 5.02 Å². The third-order valence-electron chi connectivity index (χ3n) is 7.35. The molecule has 0 aliphatic carbocycles. The highest BCUT2D eigenvalue weighted by molar-refractivity contribution is 6.36. The van der Waals surface area contributed by atoms with Gasteiger partial charge in [-0.25, -0.2) is 15.0 Å². The Morgan fingerprint density at radius 2 is 1.59 bits per heavy atom. The summed E-state index contributed by atoms with van der Waals surface area (Å²) < 4.78 is 44.1. The number of imidazole rings is 2. The van der Waals surface area contributed by atoms with E-state index in [1.165, 1.54) is 6.07 Å². The summed E-state index contributed by atoms with van der Waals surface area (Å²) in [7, 11) is 5.69. The quantitative estimate of drug-likeness (QED) is 0.251. The third-order valence-corrected chi connectivity index (χ3v) is 7.78. The second-order valence-corrected chi connectivity index (χ2v) is 10.0. The largest absolute Gasteiger partial charge is 0.416 e. The zero-order valence-electron chi connectivity index (χ0n) is 22.2. The average molecular weight is 553 g/mol. The molecule has 0 fully saturated rings. The van der Waals surface area contributed by atoms with Crippen LogP contribution in [0.4, 0.5) is 19.0 Å². The van der Waals surface area contributed by atoms with E-state index < -0.39 is 11.7 Å². The van der Waals surface area contributed by atoms with Crippen LogP contribution in [0.5, 0.6) is 0 Å². The van der Waals surface area contributed by atoms with Gasteiger partial charge in [0, 0.05) is 50.9 Å². The van der Waals surface area contributed by atoms with Gasteiger partial charge in [0.2, 0.25) is 0 Å². The van der Waals surface area contributed by atoms with Gasteiger partial charge in [-0.2, -0.15) is 13.2 Å². The van der Waals surface area contributed by atoms with Crippen molar-refractivity contribution in [1.82, 2.24) is 24.1 Å². The summed E-state index contributed by atoms with van der Waals surface area (Å²) in [5.41, 5.74) is 4.08. The Kier molecular flexibility index (Phi) is 6.88. The number of aromatic nitrogens is 5. The minimum atomic E-state index is -4.43. The van der Waals surface area contributed by atoms with E-state index in [9.17, 15) is 13.2 Å². The fourth-order valence-corrected chi connectivity index (χ4v) is 5.27. The Labute approximate surface area is 229 Å². The fourth-order valence-electron chi connectivity index (χ4n) is 4.96. The Morgan fingerprint density at radius 3 is 2.13 bits per heavy atom. The van der Waals surface area contributed by atoms with Gasteiger partial charge >= 0.3 is 6.18 Å². The van der Waals surface area contributed by atoms with Crippen LogP contribution in [0.1, 0.15) is 51.2 Å². The molecule has 10 heteroatoms. The summed E-state index contributed by atoms with van der Waals surface area (Å²) in [6.07, 6.45) is -0.492. The molecule has 0 atom stereocenters. The molecule has 0 amide bonds. The lowest BCUT2D eigenvalue weighted by atomic mass is 9.91. The summed E-state index contributed by atoms with van der Waals surface area (Å²) in [6, 6.07) is 11.2. The van der Waals surface area contributed by atoms with E-state index in [2.05, 4.69) is 24.4 Å². The van der Waals surface area contributed by atoms with Crippen molar-refractivity contribution < 1.29 is 13.2 Å². The van der Waals surface area contributed by atoms with Crippen molar-refractivity contribution in [3.8, 4) is 0 Å². The second-order valence-electron chi connectivity index (χ2n) is 9.67. The zero-order valence-corrected chi connectivity index (χ0v) is 23.0. The first-order valence-corrected chi connectivity index (χ1v) is 12.8. The van der Waals surface area contributed by atoms with Gasteiger partial charge in [0.05, 0.1) is 33.4 Å². The van der Waals surface area contributed by atoms with Crippen molar-refractivity contribution in [1.29, 1.82) is 0 Å². The van der Waals surface area contributed by atoms with E-state index in [1.807, 2.05) is 58.5 Å². The highest BCUT2D eigenvalue weighted by Crippen LogP contribution is 2.38. The summed E-state index contributed by atoms with van der Waals surface area (Å²) in [6.45, 7) is 3.91. The van der Waals surface area contributed by atoms with E-state index in [-0.39, 0.29) is 12.3 Å². The first-order chi connectivity index (χ1) is 18.5. The molecule has 0 spiro atoms. The van der Waals surface area contributed by atoms with Gasteiger partial charge in [-0.1, -0.05) is 35.9 Å². The number of hydrogen-bond donors (Lipinski definition) is 1. The smallest absolute Gasteiger partial charge is 0.373 e. The molecule has 0 aliphatic rings. The van der Waals surface area contributed by atoms with E-state index in [0.29, 0.717) is 27.5 Å². The molecule has 3 aromatic heterocycles. The molecule has 6 nitrogen and oxygen atoms in total. The predicted octanol–water partition coefficient (Wildman–Crippen LogP) is 6.80. The third kappa shape index (κ3) is 4.87. The van der Waals surface area contributed by atoms with Crippen LogP contribution in [-0.2, 0) is 26.7 Å². The van der Waals surface area contributed by atoms with Gasteiger partial charge in [0.15, 0.2) is 0 Å². The number of aryl methyl sites for hydroxylation is 2. The van der Waals surface area contributed by atoms with Crippen molar-refractivity contribution >= 4 is 28.3 Å². The number of alkyl halides is 3. The number of halogens is 4. The Hall–Kier alpha value is -3.85. The summed E-state index contributed by atoms with van der Waals surface area (Å²) >= 11 is 7.01. The van der Waals surface area contributed by atoms with Crippen LogP contribution in [0.3, 0.4) is 0 Å². The van der Waals surface area contributed by atoms with Crippen LogP contribution >= 0.6 is 11.6 Å². The number of pyridine rings is 1. The molecule has 0 radical (unpaired) electrons. The number of nitrogens with zero attached hydrogens (tertiary/aromatic N) is 5. The molecule has 39 heavy (non-hydrogen) atoms. The van der Waals surface area contributed by atoms with Crippen LogP contribution in [0, 0.1) is 13.8 Å². The van der Waals surface area contributed by atoms with Gasteiger partial charge in [-0.3, -0.25) is 0 Å². The molecule has 2 aromatic carbocycles. The molecule has 5 rings (SSSR count). The van der Waals surface area contributed by atoms with Crippen molar-refractivity contribution in [2.75, 3.05) is 12.4 Å². The van der Waals surface area contributed by atoms with Gasteiger partial charge in [-0.05, 0) is 43.2 Å². The van der Waals surface area contributed by atoms with Crippen LogP contribution in [-0.4, -0.2) is 31.1 Å². The lowest BCUT2D eigenvalue weighted by Gasteiger charge is -2.21. The molecular formula is C29H28ClF3N6. The molecule has 5 aromatic rings. The van der Waals surface area contributed by atoms with Crippen LogP contribution < -0.4 is 5.32 Å². The van der Waals surface area contributed by atoms with Gasteiger partial charge in [0.1, 0.15) is 17.5 Å². The molecule has 0 unspecified atom stereocenters. The predicted molar refractivity (Wildman–Crippen MR) is 147 cm³/mol. The highest BCUT2D eigenvalue weighted by atomic mass is 35.5. The first-order valence-electron chi connectivity index (χ1n) is 12.4. The Balaban J connectivity index is 1.67.